The summed E-state index contributed by atoms with van der Waals surface area (Å²) in [5.74, 6) is 1.80. The van der Waals surface area contributed by atoms with E-state index in [-0.39, 0.29) is 0 Å². The molecule has 0 heterocycles. The van der Waals surface area contributed by atoms with Crippen molar-refractivity contribution in [2.24, 2.45) is 0 Å². The van der Waals surface area contributed by atoms with Gasteiger partial charge in [-0.3, -0.25) is 0 Å². The molecule has 0 radical (unpaired) electrons. The van der Waals surface area contributed by atoms with Gasteiger partial charge in [0.2, 0.25) is 0 Å². The van der Waals surface area contributed by atoms with Crippen molar-refractivity contribution in [3.05, 3.63) is 77.4 Å². The Bertz CT molecular complexity index is 864. The predicted octanol–water partition coefficient (Wildman–Crippen LogP) is 4.39. The van der Waals surface area contributed by atoms with Crippen molar-refractivity contribution in [1.82, 2.24) is 0 Å². The minimum absolute atomic E-state index is 0.654. The third kappa shape index (κ3) is 3.61. The summed E-state index contributed by atoms with van der Waals surface area (Å²) in [6.45, 7) is 6.54. The molecule has 0 bridgehead atoms. The highest BCUT2D eigenvalue weighted by Crippen LogP contribution is 2.37. The molecule has 0 unspecified atom stereocenters. The molecular weight excluding hydrogens is 339 g/mol. The van der Waals surface area contributed by atoms with Gasteiger partial charge in [-0.05, 0) is 97.7 Å². The van der Waals surface area contributed by atoms with Gasteiger partial charge in [-0.25, -0.2) is 0 Å². The molecule has 0 aliphatic carbocycles. The molecule has 3 aromatic carbocycles. The SMILES string of the molecule is COc1ccc(P(c2ccccc2C)c2ccc(OC)cc2C)c(C)c1. The lowest BCUT2D eigenvalue weighted by molar-refractivity contribution is 0.414. The zero-order valence-corrected chi connectivity index (χ0v) is 16.9. The Morgan fingerprint density at radius 3 is 1.46 bits per heavy atom. The molecule has 2 nitrogen and oxygen atoms in total. The Morgan fingerprint density at radius 2 is 1.04 bits per heavy atom. The van der Waals surface area contributed by atoms with Gasteiger partial charge in [0.15, 0.2) is 0 Å². The minimum Gasteiger partial charge on any atom is -0.497 e. The van der Waals surface area contributed by atoms with Gasteiger partial charge in [0.25, 0.3) is 0 Å². The van der Waals surface area contributed by atoms with E-state index in [1.165, 1.54) is 32.6 Å². The number of methoxy groups -OCH3 is 2. The first kappa shape index (κ1) is 18.5. The number of benzene rings is 3. The van der Waals surface area contributed by atoms with E-state index in [2.05, 4.69) is 81.4 Å². The summed E-state index contributed by atoms with van der Waals surface area (Å²) in [5, 5.41) is 4.12. The van der Waals surface area contributed by atoms with Gasteiger partial charge < -0.3 is 9.47 Å². The van der Waals surface area contributed by atoms with Crippen LogP contribution in [-0.2, 0) is 0 Å². The van der Waals surface area contributed by atoms with Crippen molar-refractivity contribution in [2.45, 2.75) is 20.8 Å². The Morgan fingerprint density at radius 1 is 0.577 bits per heavy atom. The summed E-state index contributed by atoms with van der Waals surface area (Å²) in [4.78, 5) is 0. The van der Waals surface area contributed by atoms with Crippen LogP contribution in [0, 0.1) is 20.8 Å². The van der Waals surface area contributed by atoms with E-state index >= 15 is 0 Å². The van der Waals surface area contributed by atoms with Gasteiger partial charge in [-0.1, -0.05) is 24.3 Å². The summed E-state index contributed by atoms with van der Waals surface area (Å²) < 4.78 is 10.8. The van der Waals surface area contributed by atoms with Crippen LogP contribution >= 0.6 is 7.92 Å². The second-order valence-corrected chi connectivity index (χ2v) is 8.54. The maximum Gasteiger partial charge on any atom is 0.119 e. The molecule has 0 saturated heterocycles. The van der Waals surface area contributed by atoms with Crippen LogP contribution in [0.1, 0.15) is 16.7 Å². The molecule has 0 amide bonds. The third-order valence-corrected chi connectivity index (χ3v) is 7.60. The lowest BCUT2D eigenvalue weighted by Crippen LogP contribution is -2.25. The van der Waals surface area contributed by atoms with Crippen LogP contribution in [0.5, 0.6) is 11.5 Å². The number of hydrogen-bond donors (Lipinski definition) is 0. The zero-order valence-electron chi connectivity index (χ0n) is 16.0. The molecule has 0 N–H and O–H groups in total. The van der Waals surface area contributed by atoms with Crippen molar-refractivity contribution >= 4 is 23.8 Å². The summed E-state index contributed by atoms with van der Waals surface area (Å²) in [6, 6.07) is 21.5. The Balaban J connectivity index is 2.23. The van der Waals surface area contributed by atoms with Crippen LogP contribution in [0.25, 0.3) is 0 Å². The van der Waals surface area contributed by atoms with Gasteiger partial charge in [0.1, 0.15) is 11.5 Å². The molecule has 0 fully saturated rings. The van der Waals surface area contributed by atoms with Gasteiger partial charge in [-0.15, -0.1) is 0 Å². The molecule has 3 heteroatoms. The maximum atomic E-state index is 5.41. The lowest BCUT2D eigenvalue weighted by atomic mass is 10.2. The van der Waals surface area contributed by atoms with E-state index in [1.54, 1.807) is 14.2 Å². The van der Waals surface area contributed by atoms with E-state index in [9.17, 15) is 0 Å². The molecule has 134 valence electrons. The second-order valence-electron chi connectivity index (χ2n) is 6.43. The largest absolute Gasteiger partial charge is 0.497 e. The van der Waals surface area contributed by atoms with Crippen LogP contribution in [0.4, 0.5) is 0 Å². The third-order valence-electron chi connectivity index (χ3n) is 4.65. The molecule has 0 aliphatic rings. The highest BCUT2D eigenvalue weighted by Gasteiger charge is 2.22. The summed E-state index contributed by atoms with van der Waals surface area (Å²) >= 11 is 0. The average Bonchev–Trinajstić information content (AvgIpc) is 2.65. The smallest absolute Gasteiger partial charge is 0.119 e. The molecule has 0 aromatic heterocycles. The van der Waals surface area contributed by atoms with Crippen LogP contribution in [0.3, 0.4) is 0 Å². The molecule has 0 atom stereocenters. The number of aryl methyl sites for hydroxylation is 3. The van der Waals surface area contributed by atoms with Crippen molar-refractivity contribution in [3.63, 3.8) is 0 Å². The Hall–Kier alpha value is -2.31. The van der Waals surface area contributed by atoms with Crippen LogP contribution < -0.4 is 25.4 Å². The molecule has 0 saturated carbocycles. The van der Waals surface area contributed by atoms with Crippen molar-refractivity contribution < 1.29 is 9.47 Å². The maximum absolute atomic E-state index is 5.41. The van der Waals surface area contributed by atoms with Gasteiger partial charge >= 0.3 is 0 Å². The Labute approximate surface area is 157 Å². The van der Waals surface area contributed by atoms with Crippen molar-refractivity contribution in [2.75, 3.05) is 14.2 Å². The zero-order chi connectivity index (χ0) is 18.7. The lowest BCUT2D eigenvalue weighted by Gasteiger charge is -2.25. The summed E-state index contributed by atoms with van der Waals surface area (Å²) in [5.41, 5.74) is 3.84. The van der Waals surface area contributed by atoms with E-state index in [0.29, 0.717) is 0 Å². The molecule has 26 heavy (non-hydrogen) atoms. The standard InChI is InChI=1S/C23H25O2P/c1-16-8-6-7-9-21(16)26(22-12-10-19(24-4)14-17(22)2)23-13-11-20(25-5)15-18(23)3/h6-15H,1-5H3. The molecule has 0 spiro atoms. The fourth-order valence-electron chi connectivity index (χ4n) is 3.22. The average molecular weight is 364 g/mol. The van der Waals surface area contributed by atoms with Crippen molar-refractivity contribution in [1.29, 1.82) is 0 Å². The molecule has 3 rings (SSSR count). The van der Waals surface area contributed by atoms with E-state index in [1.807, 2.05) is 0 Å². The van der Waals surface area contributed by atoms with Gasteiger partial charge in [0, 0.05) is 0 Å². The van der Waals surface area contributed by atoms with E-state index in [0.717, 1.165) is 11.5 Å². The fraction of sp³-hybridized carbons (Fsp3) is 0.217. The fourth-order valence-corrected chi connectivity index (χ4v) is 5.94. The van der Waals surface area contributed by atoms with E-state index in [4.69, 9.17) is 9.47 Å². The number of hydrogen-bond acceptors (Lipinski definition) is 2. The van der Waals surface area contributed by atoms with Crippen molar-refractivity contribution in [3.8, 4) is 11.5 Å². The van der Waals surface area contributed by atoms with Crippen LogP contribution in [-0.4, -0.2) is 14.2 Å². The highest BCUT2D eigenvalue weighted by atomic mass is 31.1. The first-order chi connectivity index (χ1) is 12.5. The first-order valence-corrected chi connectivity index (χ1v) is 10.0. The van der Waals surface area contributed by atoms with Gasteiger partial charge in [-0.2, -0.15) is 0 Å². The highest BCUT2D eigenvalue weighted by molar-refractivity contribution is 7.80. The predicted molar refractivity (Wildman–Crippen MR) is 112 cm³/mol. The minimum atomic E-state index is -0.654. The summed E-state index contributed by atoms with van der Waals surface area (Å²) in [7, 11) is 2.77. The number of ether oxygens (including phenoxy) is 2. The Kier molecular flexibility index (Phi) is 5.64. The monoisotopic (exact) mass is 364 g/mol. The molecule has 0 aliphatic heterocycles. The summed E-state index contributed by atoms with van der Waals surface area (Å²) in [6.07, 6.45) is 0. The molecule has 3 aromatic rings. The number of rotatable bonds is 5. The second kappa shape index (κ2) is 7.93. The first-order valence-electron chi connectivity index (χ1n) is 8.70. The molecular formula is C23H25O2P. The van der Waals surface area contributed by atoms with Gasteiger partial charge in [0.05, 0.1) is 14.2 Å². The quantitative estimate of drug-likeness (QED) is 0.625. The van der Waals surface area contributed by atoms with Crippen LogP contribution in [0.15, 0.2) is 60.7 Å². The van der Waals surface area contributed by atoms with E-state index < -0.39 is 7.92 Å². The van der Waals surface area contributed by atoms with Crippen LogP contribution in [0.2, 0.25) is 0 Å². The topological polar surface area (TPSA) is 18.5 Å². The normalized spacial score (nSPS) is 10.8.